The molecule has 1 N–H and O–H groups in total. The summed E-state index contributed by atoms with van der Waals surface area (Å²) in [5.41, 5.74) is 4.11. The number of nitrogens with one attached hydrogen (secondary N) is 1. The Bertz CT molecular complexity index is 848. The Hall–Kier alpha value is -2.56. The molecule has 0 saturated carbocycles. The van der Waals surface area contributed by atoms with Crippen molar-refractivity contribution in [2.24, 2.45) is 0 Å². The van der Waals surface area contributed by atoms with Crippen molar-refractivity contribution in [2.45, 2.75) is 46.6 Å². The molecule has 25 heavy (non-hydrogen) atoms. The monoisotopic (exact) mass is 340 g/mol. The van der Waals surface area contributed by atoms with Gasteiger partial charge in [-0.3, -0.25) is 9.59 Å². The number of amides is 1. The number of anilines is 1. The molecule has 5 nitrogen and oxygen atoms in total. The Morgan fingerprint density at radius 2 is 1.88 bits per heavy atom. The lowest BCUT2D eigenvalue weighted by atomic mass is 10.0. The Kier molecular flexibility index (Phi) is 4.93. The van der Waals surface area contributed by atoms with Crippen molar-refractivity contribution in [3.05, 3.63) is 57.0 Å². The van der Waals surface area contributed by atoms with Crippen LogP contribution in [0.5, 0.6) is 5.75 Å². The Labute approximate surface area is 147 Å². The van der Waals surface area contributed by atoms with Gasteiger partial charge in [0, 0.05) is 24.0 Å². The highest BCUT2D eigenvalue weighted by atomic mass is 16.5. The first kappa shape index (κ1) is 17.3. The summed E-state index contributed by atoms with van der Waals surface area (Å²) in [6.07, 6.45) is 2.64. The van der Waals surface area contributed by atoms with Crippen LogP contribution in [0.3, 0.4) is 0 Å². The van der Waals surface area contributed by atoms with Gasteiger partial charge < -0.3 is 14.6 Å². The van der Waals surface area contributed by atoms with E-state index in [-0.39, 0.29) is 11.5 Å². The summed E-state index contributed by atoms with van der Waals surface area (Å²) in [7, 11) is 0. The van der Waals surface area contributed by atoms with Crippen molar-refractivity contribution in [3.63, 3.8) is 0 Å². The Morgan fingerprint density at radius 3 is 2.56 bits per heavy atom. The molecule has 0 atom stereocenters. The van der Waals surface area contributed by atoms with Gasteiger partial charge >= 0.3 is 0 Å². The summed E-state index contributed by atoms with van der Waals surface area (Å²) < 4.78 is 7.33. The third-order valence-corrected chi connectivity index (χ3v) is 4.43. The lowest BCUT2D eigenvalue weighted by molar-refractivity contribution is 0.102. The van der Waals surface area contributed by atoms with Gasteiger partial charge in [-0.15, -0.1) is 0 Å². The van der Waals surface area contributed by atoms with Crippen molar-refractivity contribution in [1.82, 2.24) is 4.57 Å². The van der Waals surface area contributed by atoms with Gasteiger partial charge in [-0.1, -0.05) is 6.07 Å². The van der Waals surface area contributed by atoms with E-state index in [1.54, 1.807) is 4.57 Å². The fraction of sp³-hybridized carbons (Fsp3) is 0.400. The number of carbonyl (C=O) groups excluding carboxylic acids is 1. The molecule has 1 aromatic heterocycles. The molecule has 0 saturated heterocycles. The van der Waals surface area contributed by atoms with E-state index in [4.69, 9.17) is 4.74 Å². The van der Waals surface area contributed by atoms with E-state index in [0.717, 1.165) is 35.3 Å². The van der Waals surface area contributed by atoms with Crippen LogP contribution >= 0.6 is 0 Å². The molecule has 0 unspecified atom stereocenters. The maximum atomic E-state index is 13.0. The highest BCUT2D eigenvalue weighted by Gasteiger charge is 2.24. The normalized spacial score (nSPS) is 13.2. The maximum absolute atomic E-state index is 13.0. The zero-order valence-electron chi connectivity index (χ0n) is 15.0. The molecule has 1 aromatic carbocycles. The van der Waals surface area contributed by atoms with Crippen molar-refractivity contribution in [1.29, 1.82) is 0 Å². The molecule has 1 amide bonds. The van der Waals surface area contributed by atoms with Crippen molar-refractivity contribution >= 4 is 11.6 Å². The molecule has 3 rings (SSSR count). The molecule has 1 aliphatic rings. The number of nitrogens with zero attached hydrogens (tertiary/aromatic N) is 1. The smallest absolute Gasteiger partial charge is 0.261 e. The lowest BCUT2D eigenvalue weighted by Crippen LogP contribution is -2.31. The van der Waals surface area contributed by atoms with Gasteiger partial charge in [0.05, 0.1) is 6.61 Å². The molecule has 0 bridgehead atoms. The fourth-order valence-electron chi connectivity index (χ4n) is 3.49. The van der Waals surface area contributed by atoms with Crippen LogP contribution in [0, 0.1) is 13.8 Å². The van der Waals surface area contributed by atoms with Crippen LogP contribution < -0.4 is 15.6 Å². The summed E-state index contributed by atoms with van der Waals surface area (Å²) in [5.74, 6) is 0.154. The molecular formula is C20H24N2O3. The number of rotatable bonds is 4. The second-order valence-corrected chi connectivity index (χ2v) is 6.54. The number of fused-ring (bicyclic) bond motifs is 1. The number of carbonyl (C=O) groups is 1. The first-order valence-electron chi connectivity index (χ1n) is 8.78. The summed E-state index contributed by atoms with van der Waals surface area (Å²) in [4.78, 5) is 25.3. The van der Waals surface area contributed by atoms with E-state index in [9.17, 15) is 9.59 Å². The third-order valence-electron chi connectivity index (χ3n) is 4.43. The lowest BCUT2D eigenvalue weighted by Gasteiger charge is -2.23. The average molecular weight is 340 g/mol. The van der Waals surface area contributed by atoms with Gasteiger partial charge in [-0.2, -0.15) is 0 Å². The van der Waals surface area contributed by atoms with Crippen LogP contribution in [0.4, 0.5) is 5.69 Å². The number of pyridine rings is 1. The number of aromatic nitrogens is 1. The molecule has 0 spiro atoms. The zero-order chi connectivity index (χ0) is 18.0. The number of hydrogen-bond acceptors (Lipinski definition) is 3. The van der Waals surface area contributed by atoms with Gasteiger partial charge in [0.25, 0.3) is 11.5 Å². The largest absolute Gasteiger partial charge is 0.493 e. The molecule has 1 aliphatic heterocycles. The van der Waals surface area contributed by atoms with E-state index in [1.165, 1.54) is 6.07 Å². The molecule has 0 radical (unpaired) electrons. The van der Waals surface area contributed by atoms with Crippen LogP contribution in [0.15, 0.2) is 29.1 Å². The Morgan fingerprint density at radius 1 is 1.16 bits per heavy atom. The molecule has 2 heterocycles. The van der Waals surface area contributed by atoms with Crippen LogP contribution in [-0.4, -0.2) is 17.1 Å². The van der Waals surface area contributed by atoms with Crippen LogP contribution in [0.2, 0.25) is 0 Å². The minimum atomic E-state index is -0.223. The van der Waals surface area contributed by atoms with Gasteiger partial charge in [-0.05, 0) is 63.3 Å². The van der Waals surface area contributed by atoms with E-state index in [0.29, 0.717) is 30.9 Å². The van der Waals surface area contributed by atoms with Gasteiger partial charge in [0.2, 0.25) is 0 Å². The number of hydrogen-bond donors (Lipinski definition) is 1. The summed E-state index contributed by atoms with van der Waals surface area (Å²) in [6, 6.07) is 7.37. The van der Waals surface area contributed by atoms with Gasteiger partial charge in [0.1, 0.15) is 11.3 Å². The van der Waals surface area contributed by atoms with Crippen molar-refractivity contribution in [3.8, 4) is 5.75 Å². The predicted octanol–water partition coefficient (Wildman–Crippen LogP) is 3.45. The second-order valence-electron chi connectivity index (χ2n) is 6.54. The summed E-state index contributed by atoms with van der Waals surface area (Å²) in [5, 5.41) is 2.97. The van der Waals surface area contributed by atoms with Crippen molar-refractivity contribution < 1.29 is 9.53 Å². The maximum Gasteiger partial charge on any atom is 0.261 e. The summed E-state index contributed by atoms with van der Waals surface area (Å²) >= 11 is 0. The minimum absolute atomic E-state index is 0.0962. The molecule has 2 aromatic rings. The highest BCUT2D eigenvalue weighted by Crippen LogP contribution is 2.26. The standard InChI is InChI=1S/C20H24N2O3/c1-4-25-17-12-18(23)22-8-6-5-7-16(22)19(17)20(24)21-15-10-13(2)9-14(3)11-15/h9-12H,4-8H2,1-3H3,(H,21,24). The molecule has 0 fully saturated rings. The van der Waals surface area contributed by atoms with E-state index < -0.39 is 0 Å². The number of aryl methyl sites for hydroxylation is 2. The van der Waals surface area contributed by atoms with E-state index in [1.807, 2.05) is 32.9 Å². The average Bonchev–Trinajstić information content (AvgIpc) is 2.54. The van der Waals surface area contributed by atoms with E-state index >= 15 is 0 Å². The fourth-order valence-corrected chi connectivity index (χ4v) is 3.49. The second kappa shape index (κ2) is 7.13. The SMILES string of the molecule is CCOc1cc(=O)n2c(c1C(=O)Nc1cc(C)cc(C)c1)CCCC2. The summed E-state index contributed by atoms with van der Waals surface area (Å²) in [6.45, 7) is 6.91. The highest BCUT2D eigenvalue weighted by molar-refractivity contribution is 6.07. The third kappa shape index (κ3) is 3.60. The topological polar surface area (TPSA) is 60.3 Å². The van der Waals surface area contributed by atoms with E-state index in [2.05, 4.69) is 11.4 Å². The van der Waals surface area contributed by atoms with Crippen LogP contribution in [-0.2, 0) is 13.0 Å². The molecule has 132 valence electrons. The number of benzene rings is 1. The quantitative estimate of drug-likeness (QED) is 0.927. The Balaban J connectivity index is 2.04. The van der Waals surface area contributed by atoms with Crippen LogP contribution in [0.25, 0.3) is 0 Å². The first-order valence-corrected chi connectivity index (χ1v) is 8.78. The first-order chi connectivity index (χ1) is 12.0. The van der Waals surface area contributed by atoms with Gasteiger partial charge in [0.15, 0.2) is 0 Å². The van der Waals surface area contributed by atoms with Gasteiger partial charge in [-0.25, -0.2) is 0 Å². The predicted molar refractivity (Wildman–Crippen MR) is 98.7 cm³/mol. The minimum Gasteiger partial charge on any atom is -0.493 e. The van der Waals surface area contributed by atoms with Crippen LogP contribution in [0.1, 0.15) is 46.9 Å². The zero-order valence-corrected chi connectivity index (χ0v) is 15.0. The van der Waals surface area contributed by atoms with Crippen molar-refractivity contribution in [2.75, 3.05) is 11.9 Å². The number of ether oxygens (including phenoxy) is 1. The molecule has 5 heteroatoms. The molecular weight excluding hydrogens is 316 g/mol. The molecule has 0 aliphatic carbocycles.